The lowest BCUT2D eigenvalue weighted by molar-refractivity contribution is 0.102. The molecule has 18 heavy (non-hydrogen) atoms. The maximum absolute atomic E-state index is 11.9. The highest BCUT2D eigenvalue weighted by atomic mass is 79.9. The monoisotopic (exact) mass is 307 g/mol. The number of carbonyl (C=O) groups is 1. The quantitative estimate of drug-likeness (QED) is 0.905. The van der Waals surface area contributed by atoms with Crippen LogP contribution in [0, 0.1) is 0 Å². The highest BCUT2D eigenvalue weighted by Crippen LogP contribution is 2.11. The third kappa shape index (κ3) is 3.01. The number of pyridine rings is 1. The predicted octanol–water partition coefficient (Wildman–Crippen LogP) is 1.93. The van der Waals surface area contributed by atoms with Gasteiger partial charge in [-0.15, -0.1) is 0 Å². The predicted molar refractivity (Wildman–Crippen MR) is 71.5 cm³/mol. The molecule has 0 radical (unpaired) electrons. The molecule has 0 saturated heterocycles. The van der Waals surface area contributed by atoms with E-state index in [2.05, 4.69) is 41.5 Å². The zero-order chi connectivity index (χ0) is 13.0. The van der Waals surface area contributed by atoms with Crippen LogP contribution in [0.3, 0.4) is 0 Å². The van der Waals surface area contributed by atoms with Crippen LogP contribution in [0.4, 0.5) is 11.6 Å². The molecule has 0 saturated carbocycles. The summed E-state index contributed by atoms with van der Waals surface area (Å²) >= 11 is 3.27. The van der Waals surface area contributed by atoms with Crippen LogP contribution in [0.2, 0.25) is 0 Å². The van der Waals surface area contributed by atoms with E-state index in [-0.39, 0.29) is 11.6 Å². The van der Waals surface area contributed by atoms with Gasteiger partial charge in [0, 0.05) is 17.7 Å². The molecule has 2 heterocycles. The minimum absolute atomic E-state index is 0.228. The van der Waals surface area contributed by atoms with Gasteiger partial charge in [0.2, 0.25) is 0 Å². The van der Waals surface area contributed by atoms with Crippen LogP contribution in [0.1, 0.15) is 10.5 Å². The van der Waals surface area contributed by atoms with Crippen LogP contribution >= 0.6 is 15.9 Å². The van der Waals surface area contributed by atoms with Gasteiger partial charge in [0.25, 0.3) is 5.91 Å². The molecule has 0 bridgehead atoms. The van der Waals surface area contributed by atoms with Crippen LogP contribution in [0.25, 0.3) is 0 Å². The van der Waals surface area contributed by atoms with E-state index < -0.39 is 0 Å². The van der Waals surface area contributed by atoms with Crippen molar-refractivity contribution in [2.75, 3.05) is 17.7 Å². The Hall–Kier alpha value is -2.02. The molecular weight excluding hydrogens is 298 g/mol. The van der Waals surface area contributed by atoms with Gasteiger partial charge in [-0.25, -0.2) is 9.97 Å². The maximum atomic E-state index is 11.9. The van der Waals surface area contributed by atoms with E-state index in [1.807, 2.05) is 0 Å². The van der Waals surface area contributed by atoms with Gasteiger partial charge in [-0.1, -0.05) is 0 Å². The summed E-state index contributed by atoms with van der Waals surface area (Å²) in [4.78, 5) is 23.9. The molecule has 2 rings (SSSR count). The van der Waals surface area contributed by atoms with Crippen molar-refractivity contribution in [1.82, 2.24) is 15.0 Å². The van der Waals surface area contributed by atoms with Crippen molar-refractivity contribution < 1.29 is 4.79 Å². The van der Waals surface area contributed by atoms with Gasteiger partial charge in [-0.2, -0.15) is 0 Å². The summed E-state index contributed by atoms with van der Waals surface area (Å²) in [7, 11) is 1.71. The van der Waals surface area contributed by atoms with Gasteiger partial charge < -0.3 is 10.6 Å². The molecule has 0 aromatic carbocycles. The van der Waals surface area contributed by atoms with E-state index in [0.29, 0.717) is 11.6 Å². The normalized spacial score (nSPS) is 9.89. The molecule has 7 heteroatoms. The zero-order valence-electron chi connectivity index (χ0n) is 9.51. The van der Waals surface area contributed by atoms with Crippen LogP contribution in [0.15, 0.2) is 35.2 Å². The molecule has 0 atom stereocenters. The summed E-state index contributed by atoms with van der Waals surface area (Å²) in [5.41, 5.74) is 0.228. The lowest BCUT2D eigenvalue weighted by Crippen LogP contribution is -2.15. The van der Waals surface area contributed by atoms with Gasteiger partial charge in [0.05, 0.1) is 12.4 Å². The largest absolute Gasteiger partial charge is 0.372 e. The average molecular weight is 308 g/mol. The van der Waals surface area contributed by atoms with Crippen molar-refractivity contribution in [3.05, 3.63) is 40.9 Å². The Morgan fingerprint density at radius 3 is 2.72 bits per heavy atom. The Morgan fingerprint density at radius 2 is 2.06 bits per heavy atom. The first-order valence-corrected chi connectivity index (χ1v) is 5.91. The second-order valence-electron chi connectivity index (χ2n) is 3.36. The average Bonchev–Trinajstić information content (AvgIpc) is 2.41. The molecule has 2 aromatic heterocycles. The minimum Gasteiger partial charge on any atom is -0.372 e. The summed E-state index contributed by atoms with van der Waals surface area (Å²) in [6.45, 7) is 0. The molecule has 0 fully saturated rings. The minimum atomic E-state index is -0.352. The molecule has 92 valence electrons. The Bertz CT molecular complexity index is 558. The third-order valence-corrected chi connectivity index (χ3v) is 2.56. The number of halogens is 1. The summed E-state index contributed by atoms with van der Waals surface area (Å²) in [5, 5.41) is 5.45. The van der Waals surface area contributed by atoms with Crippen molar-refractivity contribution in [3.63, 3.8) is 0 Å². The van der Waals surface area contributed by atoms with Crippen molar-refractivity contribution in [2.24, 2.45) is 0 Å². The van der Waals surface area contributed by atoms with Crippen molar-refractivity contribution in [2.45, 2.75) is 0 Å². The number of hydrogen-bond donors (Lipinski definition) is 2. The highest BCUT2D eigenvalue weighted by molar-refractivity contribution is 9.10. The van der Waals surface area contributed by atoms with Crippen molar-refractivity contribution in [3.8, 4) is 0 Å². The summed E-state index contributed by atoms with van der Waals surface area (Å²) in [6, 6.07) is 3.48. The van der Waals surface area contributed by atoms with Crippen molar-refractivity contribution in [1.29, 1.82) is 0 Å². The zero-order valence-corrected chi connectivity index (χ0v) is 11.1. The number of hydrogen-bond acceptors (Lipinski definition) is 5. The Balaban J connectivity index is 2.14. The third-order valence-electron chi connectivity index (χ3n) is 2.09. The van der Waals surface area contributed by atoms with E-state index in [1.165, 1.54) is 12.4 Å². The second kappa shape index (κ2) is 5.54. The fraction of sp³-hybridized carbons (Fsp3) is 0.0909. The first-order valence-electron chi connectivity index (χ1n) is 5.12. The van der Waals surface area contributed by atoms with Gasteiger partial charge in [-0.05, 0) is 28.1 Å². The first-order chi connectivity index (χ1) is 8.69. The number of nitrogens with zero attached hydrogens (tertiary/aromatic N) is 3. The molecule has 0 spiro atoms. The lowest BCUT2D eigenvalue weighted by atomic mass is 10.4. The molecule has 0 unspecified atom stereocenters. The van der Waals surface area contributed by atoms with Gasteiger partial charge in [0.15, 0.2) is 0 Å². The smallest absolute Gasteiger partial charge is 0.277 e. The molecular formula is C11H10BrN5O. The van der Waals surface area contributed by atoms with Gasteiger partial charge in [0.1, 0.15) is 17.3 Å². The standard InChI is InChI=1S/C11H10BrN5O/c1-13-10-6-14-5-8(16-10)11(18)17-9-3-2-7(12)4-15-9/h2-6H,1H3,(H,13,16)(H,15,17,18). The van der Waals surface area contributed by atoms with E-state index in [1.54, 1.807) is 25.4 Å². The summed E-state index contributed by atoms with van der Waals surface area (Å²) < 4.78 is 0.845. The van der Waals surface area contributed by atoms with Crippen LogP contribution < -0.4 is 10.6 Å². The molecule has 6 nitrogen and oxygen atoms in total. The van der Waals surface area contributed by atoms with E-state index >= 15 is 0 Å². The number of carbonyl (C=O) groups excluding carboxylic acids is 1. The van der Waals surface area contributed by atoms with Gasteiger partial charge in [-0.3, -0.25) is 9.78 Å². The fourth-order valence-corrected chi connectivity index (χ4v) is 1.46. The van der Waals surface area contributed by atoms with Crippen LogP contribution in [-0.2, 0) is 0 Å². The van der Waals surface area contributed by atoms with E-state index in [4.69, 9.17) is 0 Å². The van der Waals surface area contributed by atoms with E-state index in [0.717, 1.165) is 4.47 Å². The number of amides is 1. The molecule has 2 N–H and O–H groups in total. The van der Waals surface area contributed by atoms with Crippen LogP contribution in [0.5, 0.6) is 0 Å². The Morgan fingerprint density at radius 1 is 1.22 bits per heavy atom. The molecule has 2 aromatic rings. The fourth-order valence-electron chi connectivity index (χ4n) is 1.23. The lowest BCUT2D eigenvalue weighted by Gasteiger charge is -2.04. The Labute approximate surface area is 112 Å². The van der Waals surface area contributed by atoms with Gasteiger partial charge >= 0.3 is 0 Å². The summed E-state index contributed by atoms with van der Waals surface area (Å²) in [6.07, 6.45) is 4.54. The van der Waals surface area contributed by atoms with Crippen LogP contribution in [-0.4, -0.2) is 27.9 Å². The number of aromatic nitrogens is 3. The molecule has 0 aliphatic heterocycles. The Kier molecular flexibility index (Phi) is 3.83. The topological polar surface area (TPSA) is 79.8 Å². The number of nitrogens with one attached hydrogen (secondary N) is 2. The summed E-state index contributed by atoms with van der Waals surface area (Å²) in [5.74, 6) is 0.640. The van der Waals surface area contributed by atoms with E-state index in [9.17, 15) is 4.79 Å². The maximum Gasteiger partial charge on any atom is 0.277 e. The second-order valence-corrected chi connectivity index (χ2v) is 4.27. The SMILES string of the molecule is CNc1cncc(C(=O)Nc2ccc(Br)cn2)n1. The molecule has 1 amide bonds. The number of anilines is 2. The number of rotatable bonds is 3. The first kappa shape index (κ1) is 12.4. The molecule has 0 aliphatic carbocycles. The molecule has 0 aliphatic rings. The van der Waals surface area contributed by atoms with Crippen molar-refractivity contribution >= 4 is 33.5 Å². The highest BCUT2D eigenvalue weighted by Gasteiger charge is 2.09.